The van der Waals surface area contributed by atoms with Crippen LogP contribution in [0.25, 0.3) is 0 Å². The molecule has 3 amide bonds. The number of rotatable bonds is 9. The van der Waals surface area contributed by atoms with Gasteiger partial charge in [0.1, 0.15) is 17.9 Å². The zero-order chi connectivity index (χ0) is 23.4. The van der Waals surface area contributed by atoms with Crippen molar-refractivity contribution < 1.29 is 23.6 Å². The van der Waals surface area contributed by atoms with Crippen molar-refractivity contribution in [2.45, 2.75) is 56.8 Å². The van der Waals surface area contributed by atoms with Gasteiger partial charge >= 0.3 is 0 Å². The maximum atomic E-state index is 14.5. The molecule has 2 aliphatic rings. The van der Waals surface area contributed by atoms with E-state index in [2.05, 4.69) is 10.6 Å². The van der Waals surface area contributed by atoms with Gasteiger partial charge in [-0.25, -0.2) is 4.39 Å². The number of carbonyl (C=O) groups is 4. The molecule has 4 rings (SSSR count). The summed E-state index contributed by atoms with van der Waals surface area (Å²) in [5, 5.41) is 5.32. The fourth-order valence-corrected chi connectivity index (χ4v) is 3.97. The first-order valence-electron chi connectivity index (χ1n) is 11.1. The van der Waals surface area contributed by atoms with E-state index in [0.717, 1.165) is 18.4 Å². The van der Waals surface area contributed by atoms with Crippen LogP contribution < -0.4 is 10.6 Å². The van der Waals surface area contributed by atoms with Gasteiger partial charge in [-0.2, -0.15) is 0 Å². The lowest BCUT2D eigenvalue weighted by atomic mass is 9.98. The number of nitrogens with zero attached hydrogens (tertiary/aromatic N) is 1. The number of carbonyl (C=O) groups excluding carboxylic acids is 4. The second kappa shape index (κ2) is 9.94. The van der Waals surface area contributed by atoms with Crippen LogP contribution in [0.1, 0.15) is 36.8 Å². The summed E-state index contributed by atoms with van der Waals surface area (Å²) in [5.74, 6) is -2.77. The molecule has 2 fully saturated rings. The Balaban J connectivity index is 1.68. The van der Waals surface area contributed by atoms with E-state index in [4.69, 9.17) is 0 Å². The highest BCUT2D eigenvalue weighted by atomic mass is 19.1. The molecule has 2 aromatic rings. The molecular formula is C25H26FN3O4. The molecule has 2 aromatic carbocycles. The quantitative estimate of drug-likeness (QED) is 0.569. The van der Waals surface area contributed by atoms with Crippen LogP contribution in [0.3, 0.4) is 0 Å². The highest BCUT2D eigenvalue weighted by Gasteiger charge is 2.40. The molecule has 0 radical (unpaired) electrons. The summed E-state index contributed by atoms with van der Waals surface area (Å²) >= 11 is 0. The number of halogens is 1. The van der Waals surface area contributed by atoms with Gasteiger partial charge in [0.05, 0.1) is 0 Å². The number of ketones is 1. The van der Waals surface area contributed by atoms with Crippen LogP contribution in [0.15, 0.2) is 54.6 Å². The first-order chi connectivity index (χ1) is 15.9. The molecule has 8 heteroatoms. The maximum Gasteiger partial charge on any atom is 0.289 e. The number of amides is 3. The molecule has 1 saturated heterocycles. The minimum atomic E-state index is -1.14. The second-order valence-corrected chi connectivity index (χ2v) is 8.53. The van der Waals surface area contributed by atoms with Crippen molar-refractivity contribution in [2.24, 2.45) is 0 Å². The van der Waals surface area contributed by atoms with E-state index < -0.39 is 35.5 Å². The third-order valence-electron chi connectivity index (χ3n) is 5.96. The topological polar surface area (TPSA) is 95.6 Å². The van der Waals surface area contributed by atoms with Gasteiger partial charge in [0.25, 0.3) is 5.91 Å². The normalized spacial score (nSPS) is 18.3. The van der Waals surface area contributed by atoms with Gasteiger partial charge in [-0.15, -0.1) is 0 Å². The van der Waals surface area contributed by atoms with E-state index >= 15 is 0 Å². The SMILES string of the molecule is O=C1CC[C@@H](C(=O)N(Cc2ccccc2F)C(Cc2ccccc2)C(=O)C(=O)NC2CC2)N1. The van der Waals surface area contributed by atoms with Gasteiger partial charge in [0.2, 0.25) is 17.6 Å². The van der Waals surface area contributed by atoms with Crippen molar-refractivity contribution in [1.82, 2.24) is 15.5 Å². The Morgan fingerprint density at radius 2 is 1.73 bits per heavy atom. The third-order valence-corrected chi connectivity index (χ3v) is 5.96. The van der Waals surface area contributed by atoms with Crippen LogP contribution in [0, 0.1) is 5.82 Å². The van der Waals surface area contributed by atoms with Crippen LogP contribution in [-0.2, 0) is 32.1 Å². The monoisotopic (exact) mass is 451 g/mol. The lowest BCUT2D eigenvalue weighted by molar-refractivity contribution is -0.147. The van der Waals surface area contributed by atoms with Crippen molar-refractivity contribution >= 4 is 23.5 Å². The Bertz CT molecular complexity index is 1050. The second-order valence-electron chi connectivity index (χ2n) is 8.53. The standard InChI is InChI=1S/C25H26FN3O4/c26-19-9-5-4-8-17(19)15-29(25(33)20-12-13-22(30)28-20)21(14-16-6-2-1-3-7-16)23(31)24(32)27-18-10-11-18/h1-9,18,20-21H,10-15H2,(H,27,32)(H,28,30)/t20-,21?/m0/s1. The summed E-state index contributed by atoms with van der Waals surface area (Å²) in [7, 11) is 0. The Morgan fingerprint density at radius 3 is 2.36 bits per heavy atom. The minimum absolute atomic E-state index is 0.0244. The molecule has 2 atom stereocenters. The summed E-state index contributed by atoms with van der Waals surface area (Å²) in [4.78, 5) is 52.5. The van der Waals surface area contributed by atoms with Crippen LogP contribution in [0.2, 0.25) is 0 Å². The highest BCUT2D eigenvalue weighted by Crippen LogP contribution is 2.22. The molecule has 1 saturated carbocycles. The Morgan fingerprint density at radius 1 is 1.03 bits per heavy atom. The number of benzene rings is 2. The van der Waals surface area contributed by atoms with Crippen molar-refractivity contribution in [3.63, 3.8) is 0 Å². The van der Waals surface area contributed by atoms with Crippen molar-refractivity contribution in [2.75, 3.05) is 0 Å². The molecule has 0 bridgehead atoms. The zero-order valence-electron chi connectivity index (χ0n) is 18.1. The molecule has 1 aliphatic carbocycles. The number of nitrogens with one attached hydrogen (secondary N) is 2. The Labute approximate surface area is 191 Å². The predicted octanol–water partition coefficient (Wildman–Crippen LogP) is 1.89. The van der Waals surface area contributed by atoms with Crippen molar-refractivity contribution in [1.29, 1.82) is 0 Å². The van der Waals surface area contributed by atoms with Gasteiger partial charge < -0.3 is 15.5 Å². The largest absolute Gasteiger partial charge is 0.347 e. The maximum absolute atomic E-state index is 14.5. The fourth-order valence-electron chi connectivity index (χ4n) is 3.97. The minimum Gasteiger partial charge on any atom is -0.347 e. The van der Waals surface area contributed by atoms with E-state index in [1.54, 1.807) is 18.2 Å². The lowest BCUT2D eigenvalue weighted by Gasteiger charge is -2.33. The van der Waals surface area contributed by atoms with E-state index in [1.807, 2.05) is 18.2 Å². The average Bonchev–Trinajstić information content (AvgIpc) is 3.53. The summed E-state index contributed by atoms with van der Waals surface area (Å²) < 4.78 is 14.5. The van der Waals surface area contributed by atoms with Crippen molar-refractivity contribution in [3.8, 4) is 0 Å². The smallest absolute Gasteiger partial charge is 0.289 e. The number of hydrogen-bond donors (Lipinski definition) is 2. The molecular weight excluding hydrogens is 425 g/mol. The number of Topliss-reactive ketones (excluding diaryl/α,β-unsaturated/α-hetero) is 1. The summed E-state index contributed by atoms with van der Waals surface area (Å²) in [6.45, 7) is -0.197. The molecule has 0 spiro atoms. The summed E-state index contributed by atoms with van der Waals surface area (Å²) in [6.07, 6.45) is 2.21. The van der Waals surface area contributed by atoms with Crippen LogP contribution in [-0.4, -0.2) is 46.5 Å². The molecule has 172 valence electrons. The van der Waals surface area contributed by atoms with E-state index in [9.17, 15) is 23.6 Å². The number of hydrogen-bond acceptors (Lipinski definition) is 4. The highest BCUT2D eigenvalue weighted by molar-refractivity contribution is 6.38. The van der Waals surface area contributed by atoms with Crippen molar-refractivity contribution in [3.05, 3.63) is 71.5 Å². The van der Waals surface area contributed by atoms with Crippen LogP contribution >= 0.6 is 0 Å². The molecule has 2 N–H and O–H groups in total. The van der Waals surface area contributed by atoms with Gasteiger partial charge in [0, 0.05) is 31.0 Å². The summed E-state index contributed by atoms with van der Waals surface area (Å²) in [6, 6.07) is 13.1. The van der Waals surface area contributed by atoms with Gasteiger partial charge in [0.15, 0.2) is 0 Å². The third kappa shape index (κ3) is 5.63. The van der Waals surface area contributed by atoms with E-state index in [0.29, 0.717) is 0 Å². The van der Waals surface area contributed by atoms with E-state index in [1.165, 1.54) is 23.1 Å². The molecule has 1 aliphatic heterocycles. The fraction of sp³-hybridized carbons (Fsp3) is 0.360. The van der Waals surface area contributed by atoms with Crippen LogP contribution in [0.5, 0.6) is 0 Å². The first kappa shape index (κ1) is 22.6. The molecule has 0 aromatic heterocycles. The van der Waals surface area contributed by atoms with Gasteiger partial charge in [-0.05, 0) is 30.9 Å². The van der Waals surface area contributed by atoms with E-state index in [-0.39, 0.29) is 43.3 Å². The lowest BCUT2D eigenvalue weighted by Crippen LogP contribution is -2.55. The average molecular weight is 451 g/mol. The first-order valence-corrected chi connectivity index (χ1v) is 11.1. The molecule has 7 nitrogen and oxygen atoms in total. The zero-order valence-corrected chi connectivity index (χ0v) is 18.1. The molecule has 1 heterocycles. The van der Waals surface area contributed by atoms with Gasteiger partial charge in [-0.1, -0.05) is 48.5 Å². The Hall–Kier alpha value is -3.55. The van der Waals surface area contributed by atoms with Crippen LogP contribution in [0.4, 0.5) is 4.39 Å². The van der Waals surface area contributed by atoms with Gasteiger partial charge in [-0.3, -0.25) is 19.2 Å². The molecule has 1 unspecified atom stereocenters. The summed E-state index contributed by atoms with van der Waals surface area (Å²) in [5.41, 5.74) is 0.987. The Kier molecular flexibility index (Phi) is 6.82. The molecule has 33 heavy (non-hydrogen) atoms. The predicted molar refractivity (Wildman–Crippen MR) is 118 cm³/mol.